The van der Waals surface area contributed by atoms with Crippen LogP contribution in [0.25, 0.3) is 5.76 Å². The molecule has 0 radical (unpaired) electrons. The van der Waals surface area contributed by atoms with Gasteiger partial charge in [0.15, 0.2) is 0 Å². The van der Waals surface area contributed by atoms with Crippen molar-refractivity contribution in [2.45, 2.75) is 26.0 Å². The molecular formula is C24H28FN2O4+. The van der Waals surface area contributed by atoms with Crippen molar-refractivity contribution in [3.8, 4) is 5.75 Å². The number of ether oxygens (including phenoxy) is 1. The Labute approximate surface area is 181 Å². The second kappa shape index (κ2) is 9.31. The van der Waals surface area contributed by atoms with Gasteiger partial charge in [0.2, 0.25) is 0 Å². The Morgan fingerprint density at radius 1 is 1.10 bits per heavy atom. The highest BCUT2D eigenvalue weighted by molar-refractivity contribution is 6.46. The Morgan fingerprint density at radius 3 is 2.26 bits per heavy atom. The molecule has 0 saturated carbocycles. The lowest BCUT2D eigenvalue weighted by Crippen LogP contribution is -3.06. The number of nitrogens with one attached hydrogen (secondary N) is 1. The summed E-state index contributed by atoms with van der Waals surface area (Å²) in [5.74, 6) is -1.50. The molecular weight excluding hydrogens is 399 g/mol. The van der Waals surface area contributed by atoms with Crippen molar-refractivity contribution in [3.63, 3.8) is 0 Å². The highest BCUT2D eigenvalue weighted by Gasteiger charge is 2.46. The first-order chi connectivity index (χ1) is 14.7. The molecule has 1 heterocycles. The first-order valence-electron chi connectivity index (χ1n) is 10.3. The first-order valence-corrected chi connectivity index (χ1v) is 10.3. The zero-order valence-corrected chi connectivity index (χ0v) is 18.2. The van der Waals surface area contributed by atoms with Crippen molar-refractivity contribution in [2.24, 2.45) is 0 Å². The zero-order chi connectivity index (χ0) is 22.7. The highest BCUT2D eigenvalue weighted by Crippen LogP contribution is 2.39. The van der Waals surface area contributed by atoms with Gasteiger partial charge >= 0.3 is 0 Å². The molecule has 7 heteroatoms. The van der Waals surface area contributed by atoms with Gasteiger partial charge in [-0.15, -0.1) is 0 Å². The standard InChI is InChI=1S/C24H27FN2O4/c1-15(2)31-19-11-7-16(8-12-19)21-20(22(28)17-5-9-18(25)10-6-17)23(29)24(30)27(21)14-13-26(3)4/h5-12,15,21,28H,13-14H2,1-4H3/p+1/t21-/m1/s1. The van der Waals surface area contributed by atoms with Crippen LogP contribution in [-0.4, -0.2) is 55.0 Å². The third-order valence-corrected chi connectivity index (χ3v) is 5.08. The predicted octanol–water partition coefficient (Wildman–Crippen LogP) is 2.18. The number of aliphatic hydroxyl groups excluding tert-OH is 1. The third-order valence-electron chi connectivity index (χ3n) is 5.08. The minimum Gasteiger partial charge on any atom is -0.507 e. The number of halogens is 1. The van der Waals surface area contributed by atoms with E-state index in [0.29, 0.717) is 24.4 Å². The van der Waals surface area contributed by atoms with Crippen LogP contribution in [0.2, 0.25) is 0 Å². The third kappa shape index (κ3) is 4.94. The van der Waals surface area contributed by atoms with E-state index in [4.69, 9.17) is 4.74 Å². The monoisotopic (exact) mass is 427 g/mol. The Morgan fingerprint density at radius 2 is 1.71 bits per heavy atom. The molecule has 1 atom stereocenters. The van der Waals surface area contributed by atoms with Crippen LogP contribution in [0.5, 0.6) is 5.75 Å². The van der Waals surface area contributed by atoms with Gasteiger partial charge in [-0.25, -0.2) is 4.39 Å². The number of Topliss-reactive ketones (excluding diaryl/α,β-unsaturated/α-hetero) is 1. The van der Waals surface area contributed by atoms with Gasteiger partial charge in [-0.2, -0.15) is 0 Å². The summed E-state index contributed by atoms with van der Waals surface area (Å²) < 4.78 is 19.0. The average molecular weight is 427 g/mol. The molecule has 0 bridgehead atoms. The van der Waals surface area contributed by atoms with Crippen LogP contribution in [-0.2, 0) is 9.59 Å². The van der Waals surface area contributed by atoms with Crippen LogP contribution in [0.4, 0.5) is 4.39 Å². The highest BCUT2D eigenvalue weighted by atomic mass is 19.1. The number of benzene rings is 2. The van der Waals surface area contributed by atoms with Crippen LogP contribution in [0.1, 0.15) is 31.0 Å². The van der Waals surface area contributed by atoms with Gasteiger partial charge in [0, 0.05) is 5.56 Å². The predicted molar refractivity (Wildman–Crippen MR) is 115 cm³/mol. The average Bonchev–Trinajstić information content (AvgIpc) is 2.97. The van der Waals surface area contributed by atoms with Gasteiger partial charge in [-0.05, 0) is 55.8 Å². The van der Waals surface area contributed by atoms with Crippen molar-refractivity contribution in [2.75, 3.05) is 27.2 Å². The lowest BCUT2D eigenvalue weighted by Gasteiger charge is -2.26. The Hall–Kier alpha value is -3.19. The zero-order valence-electron chi connectivity index (χ0n) is 18.2. The van der Waals surface area contributed by atoms with Crippen LogP contribution in [0.3, 0.4) is 0 Å². The number of rotatable bonds is 7. The maximum Gasteiger partial charge on any atom is 0.295 e. The smallest absolute Gasteiger partial charge is 0.295 e. The lowest BCUT2D eigenvalue weighted by molar-refractivity contribution is -0.857. The SMILES string of the molecule is CC(C)Oc1ccc([C@@H]2C(=C(O)c3ccc(F)cc3)C(=O)C(=O)N2CC[NH+](C)C)cc1. The van der Waals surface area contributed by atoms with E-state index in [-0.39, 0.29) is 23.0 Å². The fourth-order valence-electron chi connectivity index (χ4n) is 3.57. The van der Waals surface area contributed by atoms with Crippen LogP contribution < -0.4 is 9.64 Å². The second-order valence-corrected chi connectivity index (χ2v) is 8.19. The van der Waals surface area contributed by atoms with Crippen LogP contribution in [0.15, 0.2) is 54.1 Å². The number of carbonyl (C=O) groups excluding carboxylic acids is 2. The summed E-state index contributed by atoms with van der Waals surface area (Å²) in [6.07, 6.45) is 0.0121. The second-order valence-electron chi connectivity index (χ2n) is 8.19. The Balaban J connectivity index is 2.08. The number of ketones is 1. The molecule has 1 fully saturated rings. The van der Waals surface area contributed by atoms with Crippen molar-refractivity contribution >= 4 is 17.4 Å². The van der Waals surface area contributed by atoms with Crippen LogP contribution in [0, 0.1) is 5.82 Å². The molecule has 1 aliphatic rings. The lowest BCUT2D eigenvalue weighted by atomic mass is 9.95. The number of likely N-dealkylation sites (N-methyl/N-ethyl adjacent to an activating group) is 1. The molecule has 164 valence electrons. The minimum absolute atomic E-state index is 0.00268. The van der Waals surface area contributed by atoms with Crippen molar-refractivity contribution in [1.82, 2.24) is 4.90 Å². The summed E-state index contributed by atoms with van der Waals surface area (Å²) in [6.45, 7) is 4.83. The molecule has 3 rings (SSSR count). The molecule has 1 amide bonds. The number of hydrogen-bond acceptors (Lipinski definition) is 4. The number of carbonyl (C=O) groups is 2. The van der Waals surface area contributed by atoms with E-state index >= 15 is 0 Å². The summed E-state index contributed by atoms with van der Waals surface area (Å²) in [5, 5.41) is 10.9. The molecule has 0 spiro atoms. The van der Waals surface area contributed by atoms with E-state index in [1.807, 2.05) is 27.9 Å². The maximum atomic E-state index is 13.3. The number of nitrogens with zero attached hydrogens (tertiary/aromatic N) is 1. The Kier molecular flexibility index (Phi) is 6.75. The fourth-order valence-corrected chi connectivity index (χ4v) is 3.57. The molecule has 0 aliphatic carbocycles. The summed E-state index contributed by atoms with van der Waals surface area (Å²) in [5.41, 5.74) is 0.970. The van der Waals surface area contributed by atoms with Crippen LogP contribution >= 0.6 is 0 Å². The molecule has 2 N–H and O–H groups in total. The number of hydrogen-bond donors (Lipinski definition) is 2. The summed E-state index contributed by atoms with van der Waals surface area (Å²) in [4.78, 5) is 28.4. The van der Waals surface area contributed by atoms with Crippen molar-refractivity contribution in [1.29, 1.82) is 0 Å². The van der Waals surface area contributed by atoms with E-state index in [1.54, 1.807) is 24.3 Å². The number of amides is 1. The van der Waals surface area contributed by atoms with Gasteiger partial charge in [0.05, 0.1) is 44.9 Å². The molecule has 2 aromatic carbocycles. The van der Waals surface area contributed by atoms with Gasteiger partial charge in [-0.3, -0.25) is 9.59 Å². The van der Waals surface area contributed by atoms with Gasteiger partial charge < -0.3 is 19.6 Å². The maximum absolute atomic E-state index is 13.3. The van der Waals surface area contributed by atoms with Gasteiger partial charge in [-0.1, -0.05) is 12.1 Å². The molecule has 0 unspecified atom stereocenters. The normalized spacial score (nSPS) is 18.3. The summed E-state index contributed by atoms with van der Waals surface area (Å²) in [6, 6.07) is 11.6. The van der Waals surface area contributed by atoms with E-state index in [0.717, 1.165) is 4.90 Å². The summed E-state index contributed by atoms with van der Waals surface area (Å²) >= 11 is 0. The molecule has 2 aromatic rings. The Bertz CT molecular complexity index is 982. The van der Waals surface area contributed by atoms with E-state index < -0.39 is 23.5 Å². The quantitative estimate of drug-likeness (QED) is 0.404. The summed E-state index contributed by atoms with van der Waals surface area (Å²) in [7, 11) is 3.92. The van der Waals surface area contributed by atoms with Crippen molar-refractivity contribution in [3.05, 3.63) is 71.0 Å². The largest absolute Gasteiger partial charge is 0.507 e. The minimum atomic E-state index is -0.747. The van der Waals surface area contributed by atoms with E-state index in [9.17, 15) is 19.1 Å². The fraction of sp³-hybridized carbons (Fsp3) is 0.333. The van der Waals surface area contributed by atoms with E-state index in [1.165, 1.54) is 29.2 Å². The number of quaternary nitrogens is 1. The topological polar surface area (TPSA) is 71.3 Å². The molecule has 6 nitrogen and oxygen atoms in total. The molecule has 1 aliphatic heterocycles. The number of aliphatic hydroxyl groups is 1. The molecule has 31 heavy (non-hydrogen) atoms. The van der Waals surface area contributed by atoms with Crippen molar-refractivity contribution < 1.29 is 28.7 Å². The first kappa shape index (κ1) is 22.5. The van der Waals surface area contributed by atoms with Gasteiger partial charge in [0.1, 0.15) is 17.3 Å². The molecule has 0 aromatic heterocycles. The number of likely N-dealkylation sites (tertiary alicyclic amines) is 1. The van der Waals surface area contributed by atoms with E-state index in [2.05, 4.69) is 0 Å². The van der Waals surface area contributed by atoms with Gasteiger partial charge in [0.25, 0.3) is 11.7 Å². The molecule has 1 saturated heterocycles.